The fourth-order valence-electron chi connectivity index (χ4n) is 2.48. The van der Waals surface area contributed by atoms with Crippen LogP contribution in [0.2, 0.25) is 0 Å². The highest BCUT2D eigenvalue weighted by molar-refractivity contribution is 5.94. The summed E-state index contributed by atoms with van der Waals surface area (Å²) in [6, 6.07) is 12.2. The van der Waals surface area contributed by atoms with E-state index in [1.54, 1.807) is 41.2 Å². The molecule has 0 saturated heterocycles. The zero-order valence-corrected chi connectivity index (χ0v) is 13.6. The highest BCUT2D eigenvalue weighted by atomic mass is 19.1. The number of imidazole rings is 1. The molecule has 0 spiro atoms. The molecule has 0 unspecified atom stereocenters. The first-order valence-electron chi connectivity index (χ1n) is 7.68. The van der Waals surface area contributed by atoms with E-state index in [1.807, 2.05) is 26.0 Å². The van der Waals surface area contributed by atoms with Crippen LogP contribution in [0.25, 0.3) is 5.69 Å². The zero-order valence-electron chi connectivity index (χ0n) is 13.6. The lowest BCUT2D eigenvalue weighted by Gasteiger charge is -2.10. The third-order valence-electron chi connectivity index (χ3n) is 3.86. The van der Waals surface area contributed by atoms with Crippen molar-refractivity contribution in [3.63, 3.8) is 0 Å². The second kappa shape index (κ2) is 6.66. The first kappa shape index (κ1) is 15.9. The maximum Gasteiger partial charge on any atom is 0.251 e. The Hall–Kier alpha value is -2.95. The number of halogens is 1. The van der Waals surface area contributed by atoms with Crippen LogP contribution in [0.15, 0.2) is 54.9 Å². The molecule has 3 rings (SSSR count). The number of nitrogens with zero attached hydrogens (tertiary/aromatic N) is 2. The van der Waals surface area contributed by atoms with Gasteiger partial charge in [-0.25, -0.2) is 9.37 Å². The van der Waals surface area contributed by atoms with E-state index in [9.17, 15) is 9.18 Å². The third kappa shape index (κ3) is 3.35. The lowest BCUT2D eigenvalue weighted by Crippen LogP contribution is -2.22. The fraction of sp³-hybridized carbons (Fsp3) is 0.158. The summed E-state index contributed by atoms with van der Waals surface area (Å²) in [6.45, 7) is 4.05. The lowest BCUT2D eigenvalue weighted by molar-refractivity contribution is 0.0951. The summed E-state index contributed by atoms with van der Waals surface area (Å²) in [6.07, 6.45) is 3.34. The van der Waals surface area contributed by atoms with Gasteiger partial charge in [-0.3, -0.25) is 4.79 Å². The Morgan fingerprint density at radius 3 is 2.54 bits per heavy atom. The van der Waals surface area contributed by atoms with Crippen LogP contribution >= 0.6 is 0 Å². The Morgan fingerprint density at radius 1 is 1.17 bits per heavy atom. The van der Waals surface area contributed by atoms with Crippen LogP contribution in [0.3, 0.4) is 0 Å². The number of hydrogen-bond acceptors (Lipinski definition) is 2. The number of carbonyl (C=O) groups excluding carboxylic acids is 1. The van der Waals surface area contributed by atoms with Gasteiger partial charge in [-0.2, -0.15) is 0 Å². The first-order chi connectivity index (χ1) is 11.5. The Balaban J connectivity index is 1.70. The fourth-order valence-corrected chi connectivity index (χ4v) is 2.48. The SMILES string of the molecule is Cc1ccc(C(=O)NCc2ccc(-n3ccnc3C)c(F)c2)cc1. The Bertz CT molecular complexity index is 869. The van der Waals surface area contributed by atoms with Crippen LogP contribution in [-0.4, -0.2) is 15.5 Å². The van der Waals surface area contributed by atoms with E-state index < -0.39 is 0 Å². The monoisotopic (exact) mass is 323 g/mol. The summed E-state index contributed by atoms with van der Waals surface area (Å²) in [5, 5.41) is 2.80. The standard InChI is InChI=1S/C19H18FN3O/c1-13-3-6-16(7-4-13)19(24)22-12-15-5-8-18(17(20)11-15)23-10-9-21-14(23)2/h3-11H,12H2,1-2H3,(H,22,24). The number of rotatable bonds is 4. The van der Waals surface area contributed by atoms with Gasteiger partial charge in [0.15, 0.2) is 0 Å². The Labute approximate surface area is 140 Å². The topological polar surface area (TPSA) is 46.9 Å². The predicted molar refractivity (Wildman–Crippen MR) is 90.6 cm³/mol. The number of hydrogen-bond donors (Lipinski definition) is 1. The summed E-state index contributed by atoms with van der Waals surface area (Å²) in [7, 11) is 0. The minimum Gasteiger partial charge on any atom is -0.348 e. The summed E-state index contributed by atoms with van der Waals surface area (Å²) in [4.78, 5) is 16.2. The van der Waals surface area contributed by atoms with Gasteiger partial charge in [-0.1, -0.05) is 23.8 Å². The molecule has 0 radical (unpaired) electrons. The van der Waals surface area contributed by atoms with Crippen molar-refractivity contribution in [2.45, 2.75) is 20.4 Å². The van der Waals surface area contributed by atoms with Gasteiger partial charge in [0.05, 0.1) is 5.69 Å². The molecule has 122 valence electrons. The van der Waals surface area contributed by atoms with Crippen molar-refractivity contribution >= 4 is 5.91 Å². The van der Waals surface area contributed by atoms with Gasteiger partial charge in [-0.15, -0.1) is 0 Å². The molecule has 24 heavy (non-hydrogen) atoms. The Kier molecular flexibility index (Phi) is 4.42. The molecule has 1 amide bonds. The predicted octanol–water partition coefficient (Wildman–Crippen LogP) is 3.56. The number of amides is 1. The number of nitrogens with one attached hydrogen (secondary N) is 1. The van der Waals surface area contributed by atoms with E-state index in [4.69, 9.17) is 0 Å². The molecule has 2 aromatic carbocycles. The maximum atomic E-state index is 14.3. The molecular weight excluding hydrogens is 305 g/mol. The molecule has 1 N–H and O–H groups in total. The van der Waals surface area contributed by atoms with Crippen LogP contribution in [0.1, 0.15) is 27.3 Å². The van der Waals surface area contributed by atoms with Crippen molar-refractivity contribution in [2.24, 2.45) is 0 Å². The lowest BCUT2D eigenvalue weighted by atomic mass is 10.1. The molecule has 5 heteroatoms. The van der Waals surface area contributed by atoms with Gasteiger partial charge in [0.25, 0.3) is 5.91 Å². The van der Waals surface area contributed by atoms with Crippen LogP contribution in [0.4, 0.5) is 4.39 Å². The molecule has 1 heterocycles. The molecule has 3 aromatic rings. The molecule has 0 aliphatic carbocycles. The number of aryl methyl sites for hydroxylation is 2. The summed E-state index contributed by atoms with van der Waals surface area (Å²) in [5.74, 6) is 0.192. The van der Waals surface area contributed by atoms with Gasteiger partial charge in [0.1, 0.15) is 11.6 Å². The van der Waals surface area contributed by atoms with Crippen molar-refractivity contribution in [1.82, 2.24) is 14.9 Å². The zero-order chi connectivity index (χ0) is 17.1. The van der Waals surface area contributed by atoms with Crippen molar-refractivity contribution in [2.75, 3.05) is 0 Å². The molecular formula is C19H18FN3O. The summed E-state index contributed by atoms with van der Waals surface area (Å²) >= 11 is 0. The molecule has 4 nitrogen and oxygen atoms in total. The van der Waals surface area contributed by atoms with Gasteiger partial charge in [0.2, 0.25) is 0 Å². The highest BCUT2D eigenvalue weighted by Crippen LogP contribution is 2.17. The van der Waals surface area contributed by atoms with Crippen LogP contribution in [0.5, 0.6) is 0 Å². The van der Waals surface area contributed by atoms with Crippen molar-refractivity contribution < 1.29 is 9.18 Å². The largest absolute Gasteiger partial charge is 0.348 e. The minimum absolute atomic E-state index is 0.176. The van der Waals surface area contributed by atoms with Gasteiger partial charge in [-0.05, 0) is 43.7 Å². The van der Waals surface area contributed by atoms with Crippen molar-refractivity contribution in [1.29, 1.82) is 0 Å². The van der Waals surface area contributed by atoms with Gasteiger partial charge < -0.3 is 9.88 Å². The summed E-state index contributed by atoms with van der Waals surface area (Å²) < 4.78 is 16.0. The molecule has 0 aliphatic rings. The second-order valence-electron chi connectivity index (χ2n) is 5.68. The molecule has 0 aliphatic heterocycles. The van der Waals surface area contributed by atoms with E-state index in [1.165, 1.54) is 6.07 Å². The van der Waals surface area contributed by atoms with Crippen LogP contribution in [-0.2, 0) is 6.54 Å². The molecule has 0 bridgehead atoms. The van der Waals surface area contributed by atoms with E-state index in [0.29, 0.717) is 22.6 Å². The molecule has 0 fully saturated rings. The second-order valence-corrected chi connectivity index (χ2v) is 5.68. The van der Waals surface area contributed by atoms with E-state index in [0.717, 1.165) is 5.56 Å². The highest BCUT2D eigenvalue weighted by Gasteiger charge is 2.09. The van der Waals surface area contributed by atoms with E-state index in [-0.39, 0.29) is 18.3 Å². The van der Waals surface area contributed by atoms with Crippen LogP contribution < -0.4 is 5.32 Å². The normalized spacial score (nSPS) is 10.6. The van der Waals surface area contributed by atoms with Gasteiger partial charge in [0, 0.05) is 24.5 Å². The third-order valence-corrected chi connectivity index (χ3v) is 3.86. The first-order valence-corrected chi connectivity index (χ1v) is 7.68. The number of aromatic nitrogens is 2. The van der Waals surface area contributed by atoms with E-state index in [2.05, 4.69) is 10.3 Å². The average molecular weight is 323 g/mol. The number of benzene rings is 2. The van der Waals surface area contributed by atoms with Crippen molar-refractivity contribution in [3.8, 4) is 5.69 Å². The van der Waals surface area contributed by atoms with Crippen molar-refractivity contribution in [3.05, 3.63) is 83.2 Å². The molecule has 1 aromatic heterocycles. The molecule has 0 atom stereocenters. The summed E-state index contributed by atoms with van der Waals surface area (Å²) in [5.41, 5.74) is 2.83. The van der Waals surface area contributed by atoms with E-state index >= 15 is 0 Å². The number of carbonyl (C=O) groups is 1. The average Bonchev–Trinajstić information content (AvgIpc) is 2.99. The maximum absolute atomic E-state index is 14.3. The quantitative estimate of drug-likeness (QED) is 0.798. The Morgan fingerprint density at radius 2 is 1.92 bits per heavy atom. The smallest absolute Gasteiger partial charge is 0.251 e. The van der Waals surface area contributed by atoms with Crippen LogP contribution in [0, 0.1) is 19.7 Å². The minimum atomic E-state index is -0.349. The molecule has 0 saturated carbocycles. The van der Waals surface area contributed by atoms with Gasteiger partial charge >= 0.3 is 0 Å².